The molecule has 0 fully saturated rings. The third-order valence-corrected chi connectivity index (χ3v) is 2.98. The summed E-state index contributed by atoms with van der Waals surface area (Å²) in [4.78, 5) is 23.3. The predicted molar refractivity (Wildman–Crippen MR) is 81.3 cm³/mol. The highest BCUT2D eigenvalue weighted by atomic mass is 16.3. The first kappa shape index (κ1) is 17.2. The molecule has 0 saturated heterocycles. The summed E-state index contributed by atoms with van der Waals surface area (Å²) in [5.74, 6) is -0.176. The van der Waals surface area contributed by atoms with Gasteiger partial charge in [0.05, 0.1) is 6.61 Å². The van der Waals surface area contributed by atoms with E-state index in [1.165, 1.54) is 0 Å². The molecule has 0 unspecified atom stereocenters. The second-order valence-electron chi connectivity index (χ2n) is 6.01. The van der Waals surface area contributed by atoms with Crippen molar-refractivity contribution in [2.75, 3.05) is 6.54 Å². The van der Waals surface area contributed by atoms with Crippen molar-refractivity contribution in [2.45, 2.75) is 40.3 Å². The van der Waals surface area contributed by atoms with Crippen molar-refractivity contribution in [1.29, 1.82) is 0 Å². The van der Waals surface area contributed by atoms with E-state index in [0.717, 1.165) is 11.1 Å². The van der Waals surface area contributed by atoms with Gasteiger partial charge >= 0.3 is 0 Å². The van der Waals surface area contributed by atoms with E-state index in [9.17, 15) is 9.59 Å². The normalized spacial score (nSPS) is 11.0. The van der Waals surface area contributed by atoms with Crippen LogP contribution in [0.3, 0.4) is 0 Å². The quantitative estimate of drug-likeness (QED) is 0.740. The molecule has 1 aromatic rings. The number of hydrogen-bond acceptors (Lipinski definition) is 3. The van der Waals surface area contributed by atoms with Crippen LogP contribution in [0.1, 0.15) is 38.3 Å². The Balaban J connectivity index is 2.30. The lowest BCUT2D eigenvalue weighted by molar-refractivity contribution is -0.128. The van der Waals surface area contributed by atoms with E-state index in [1.807, 2.05) is 45.0 Å². The van der Waals surface area contributed by atoms with Crippen LogP contribution in [0.2, 0.25) is 0 Å². The van der Waals surface area contributed by atoms with Gasteiger partial charge in [0.15, 0.2) is 0 Å². The molecular formula is C16H24N2O3. The highest BCUT2D eigenvalue weighted by Gasteiger charge is 2.20. The van der Waals surface area contributed by atoms with Gasteiger partial charge < -0.3 is 15.7 Å². The van der Waals surface area contributed by atoms with Crippen LogP contribution in [0.15, 0.2) is 24.3 Å². The van der Waals surface area contributed by atoms with Gasteiger partial charge in [-0.2, -0.15) is 0 Å². The summed E-state index contributed by atoms with van der Waals surface area (Å²) < 4.78 is 0. The van der Waals surface area contributed by atoms with Gasteiger partial charge in [0, 0.05) is 24.9 Å². The monoisotopic (exact) mass is 292 g/mol. The first-order valence-electron chi connectivity index (χ1n) is 7.06. The van der Waals surface area contributed by atoms with Crippen LogP contribution in [0.25, 0.3) is 0 Å². The van der Waals surface area contributed by atoms with Crippen molar-refractivity contribution in [2.24, 2.45) is 5.41 Å². The van der Waals surface area contributed by atoms with Crippen molar-refractivity contribution in [3.05, 3.63) is 35.4 Å². The smallest absolute Gasteiger partial charge is 0.225 e. The molecule has 0 aliphatic carbocycles. The molecule has 5 heteroatoms. The molecular weight excluding hydrogens is 268 g/mol. The lowest BCUT2D eigenvalue weighted by Crippen LogP contribution is -2.37. The molecule has 3 N–H and O–H groups in total. The van der Waals surface area contributed by atoms with E-state index in [2.05, 4.69) is 10.6 Å². The molecule has 1 rings (SSSR count). The summed E-state index contributed by atoms with van der Waals surface area (Å²) in [6.07, 6.45) is 0.251. The molecule has 0 spiro atoms. The zero-order valence-electron chi connectivity index (χ0n) is 12.9. The van der Waals surface area contributed by atoms with E-state index < -0.39 is 5.41 Å². The molecule has 0 aromatic heterocycles. The first-order chi connectivity index (χ1) is 9.82. The number of carbonyl (C=O) groups excluding carboxylic acids is 2. The molecule has 0 bridgehead atoms. The van der Waals surface area contributed by atoms with E-state index >= 15 is 0 Å². The minimum atomic E-state index is -0.443. The number of aliphatic hydroxyl groups is 1. The van der Waals surface area contributed by atoms with Gasteiger partial charge in [-0.05, 0) is 11.1 Å². The van der Waals surface area contributed by atoms with E-state index in [1.54, 1.807) is 0 Å². The molecule has 0 atom stereocenters. The Labute approximate surface area is 125 Å². The Hall–Kier alpha value is -1.88. The molecule has 0 radical (unpaired) electrons. The largest absolute Gasteiger partial charge is 0.392 e. The minimum Gasteiger partial charge on any atom is -0.392 e. The fraction of sp³-hybridized carbons (Fsp3) is 0.500. The number of benzene rings is 1. The molecule has 116 valence electrons. The lowest BCUT2D eigenvalue weighted by Gasteiger charge is -2.17. The van der Waals surface area contributed by atoms with Crippen LogP contribution in [0.5, 0.6) is 0 Å². The van der Waals surface area contributed by atoms with Crippen LogP contribution in [-0.4, -0.2) is 23.5 Å². The second-order valence-corrected chi connectivity index (χ2v) is 6.01. The van der Waals surface area contributed by atoms with Crippen LogP contribution in [0.4, 0.5) is 0 Å². The fourth-order valence-corrected chi connectivity index (χ4v) is 1.68. The molecule has 0 saturated carbocycles. The molecule has 0 aliphatic rings. The topological polar surface area (TPSA) is 78.4 Å². The Morgan fingerprint density at radius 3 is 2.43 bits per heavy atom. The molecule has 5 nitrogen and oxygen atoms in total. The van der Waals surface area contributed by atoms with Gasteiger partial charge in [-0.15, -0.1) is 0 Å². The summed E-state index contributed by atoms with van der Waals surface area (Å²) in [5.41, 5.74) is 1.31. The van der Waals surface area contributed by atoms with Crippen molar-refractivity contribution < 1.29 is 14.7 Å². The van der Waals surface area contributed by atoms with Gasteiger partial charge in [-0.3, -0.25) is 9.59 Å². The number of amides is 2. The summed E-state index contributed by atoms with van der Waals surface area (Å²) >= 11 is 0. The third-order valence-electron chi connectivity index (χ3n) is 2.98. The highest BCUT2D eigenvalue weighted by molar-refractivity contribution is 5.82. The summed E-state index contributed by atoms with van der Waals surface area (Å²) in [7, 11) is 0. The maximum atomic E-state index is 11.7. The number of rotatable bonds is 6. The van der Waals surface area contributed by atoms with Crippen molar-refractivity contribution in [3.8, 4) is 0 Å². The van der Waals surface area contributed by atoms with Gasteiger partial charge in [-0.25, -0.2) is 0 Å². The molecule has 2 amide bonds. The van der Waals surface area contributed by atoms with Crippen molar-refractivity contribution in [1.82, 2.24) is 10.6 Å². The second kappa shape index (κ2) is 7.78. The van der Waals surface area contributed by atoms with E-state index in [0.29, 0.717) is 13.1 Å². The molecule has 1 aromatic carbocycles. The van der Waals surface area contributed by atoms with Crippen LogP contribution in [-0.2, 0) is 22.7 Å². The number of hydrogen-bond donors (Lipinski definition) is 3. The lowest BCUT2D eigenvalue weighted by atomic mass is 9.96. The predicted octanol–water partition coefficient (Wildman–Crippen LogP) is 1.35. The van der Waals surface area contributed by atoms with E-state index in [-0.39, 0.29) is 24.8 Å². The summed E-state index contributed by atoms with van der Waals surface area (Å²) in [5, 5.41) is 14.6. The number of aliphatic hydroxyl groups excluding tert-OH is 1. The van der Waals surface area contributed by atoms with Gasteiger partial charge in [0.2, 0.25) is 11.8 Å². The first-order valence-corrected chi connectivity index (χ1v) is 7.06. The number of carbonyl (C=O) groups is 2. The van der Waals surface area contributed by atoms with Crippen molar-refractivity contribution in [3.63, 3.8) is 0 Å². The van der Waals surface area contributed by atoms with Crippen LogP contribution >= 0.6 is 0 Å². The average molecular weight is 292 g/mol. The fourth-order valence-electron chi connectivity index (χ4n) is 1.68. The van der Waals surface area contributed by atoms with Crippen LogP contribution < -0.4 is 10.6 Å². The maximum absolute atomic E-state index is 11.7. The Morgan fingerprint density at radius 1 is 1.14 bits per heavy atom. The van der Waals surface area contributed by atoms with Gasteiger partial charge in [0.1, 0.15) is 0 Å². The van der Waals surface area contributed by atoms with E-state index in [4.69, 9.17) is 5.11 Å². The average Bonchev–Trinajstić information content (AvgIpc) is 2.44. The third kappa shape index (κ3) is 6.40. The zero-order chi connectivity index (χ0) is 15.9. The molecule has 0 heterocycles. The Bertz CT molecular complexity index is 493. The molecule has 21 heavy (non-hydrogen) atoms. The maximum Gasteiger partial charge on any atom is 0.225 e. The van der Waals surface area contributed by atoms with Gasteiger partial charge in [-0.1, -0.05) is 45.0 Å². The van der Waals surface area contributed by atoms with Gasteiger partial charge in [0.25, 0.3) is 0 Å². The zero-order valence-corrected chi connectivity index (χ0v) is 12.9. The van der Waals surface area contributed by atoms with Crippen LogP contribution in [0, 0.1) is 5.41 Å². The SMILES string of the molecule is CC(C)(C)C(=O)NCCC(=O)NCc1cccc(CO)c1. The highest BCUT2D eigenvalue weighted by Crippen LogP contribution is 2.12. The minimum absolute atomic E-state index is 0.0133. The standard InChI is InChI=1S/C16H24N2O3/c1-16(2,3)15(21)17-8-7-14(20)18-10-12-5-4-6-13(9-12)11-19/h4-6,9,19H,7-8,10-11H2,1-3H3,(H,17,21)(H,18,20). The number of nitrogens with one attached hydrogen (secondary N) is 2. The molecule has 0 aliphatic heterocycles. The Morgan fingerprint density at radius 2 is 1.81 bits per heavy atom. The Kier molecular flexibility index (Phi) is 6.37. The summed E-state index contributed by atoms with van der Waals surface area (Å²) in [6.45, 7) is 6.22. The summed E-state index contributed by atoms with van der Waals surface area (Å²) in [6, 6.07) is 7.41. The van der Waals surface area contributed by atoms with Crippen molar-refractivity contribution >= 4 is 11.8 Å².